The minimum absolute atomic E-state index is 0. The summed E-state index contributed by atoms with van der Waals surface area (Å²) in [5.74, 6) is 4.01. The summed E-state index contributed by atoms with van der Waals surface area (Å²) in [6.07, 6.45) is 14.9. The first-order valence-corrected chi connectivity index (χ1v) is 25.1. The van der Waals surface area contributed by atoms with Crippen molar-refractivity contribution < 1.29 is 23.9 Å². The minimum Gasteiger partial charge on any atom is -0.457 e. The summed E-state index contributed by atoms with van der Waals surface area (Å²) >= 11 is 0. The molecule has 2 aliphatic heterocycles. The van der Waals surface area contributed by atoms with Crippen molar-refractivity contribution in [2.24, 2.45) is 21.7 Å². The normalized spacial score (nSPS) is 12.1. The number of Topliss-reactive ketones (excluding diaryl/α,β-unsaturated/α-hetero) is 1. The standard InChI is InChI=1S/C18H18.C14H16O.C8H11NO2.C8H14O.C7H12O.C6H12.C6H10.6CH4/c1-18(2,3)17-15-10-6-4-8-13(15)12-14-9-5-7-11-16(14)17;1-10-5-6-11-7-8-12(14(2,3)4)9-13(11)15-10;1-8(2,3)9-6(10)4-5-7(9)11;1-6(2)7(9)8(3,4)5;1-5-6(8)7(2,3)4;2*1-5-6(2,3)4;;;;;;/h4-12H,1-3H3;5-9H,1H2,2-4H3;4-5H,1-3H3;1H2,2-5H3;5H,1H2,2-4H3;5H,1H2,2-4H3;1H,2-4H3;6*1H4. The fraction of sp³-hybridized carbons (Fsp3) is 0.479. The largest absolute Gasteiger partial charge is 0.457 e. The van der Waals surface area contributed by atoms with Crippen molar-refractivity contribution in [2.75, 3.05) is 0 Å². The van der Waals surface area contributed by atoms with Crippen LogP contribution in [-0.2, 0) is 30.0 Å². The van der Waals surface area contributed by atoms with Gasteiger partial charge >= 0.3 is 0 Å². The molecule has 2 amide bonds. The van der Waals surface area contributed by atoms with Crippen LogP contribution in [0.15, 0.2) is 141 Å². The number of hydrogen-bond donors (Lipinski definition) is 0. The molecule has 0 unspecified atom stereocenters. The van der Waals surface area contributed by atoms with Crippen LogP contribution in [0.3, 0.4) is 0 Å². The summed E-state index contributed by atoms with van der Waals surface area (Å²) in [6.45, 7) is 58.8. The molecular weight excluding hydrogens is 971 g/mol. The quantitative estimate of drug-likeness (QED) is 0.0657. The number of allylic oxidation sites excluding steroid dienone is 4. The maximum absolute atomic E-state index is 11.1. The predicted molar refractivity (Wildman–Crippen MR) is 357 cm³/mol. The van der Waals surface area contributed by atoms with Gasteiger partial charge in [-0.05, 0) is 133 Å². The van der Waals surface area contributed by atoms with E-state index in [2.05, 4.69) is 167 Å². The maximum Gasteiger partial charge on any atom is 0.254 e. The molecule has 4 aromatic rings. The Morgan fingerprint density at radius 1 is 0.582 bits per heavy atom. The van der Waals surface area contributed by atoms with Gasteiger partial charge in [0.25, 0.3) is 11.8 Å². The highest BCUT2D eigenvalue weighted by Crippen LogP contribution is 2.37. The molecule has 6 heteroatoms. The summed E-state index contributed by atoms with van der Waals surface area (Å²) < 4.78 is 5.59. The molecule has 0 radical (unpaired) electrons. The van der Waals surface area contributed by atoms with Gasteiger partial charge in [0.05, 0.1) is 0 Å². The van der Waals surface area contributed by atoms with Gasteiger partial charge < -0.3 is 4.74 Å². The molecule has 4 aromatic carbocycles. The van der Waals surface area contributed by atoms with Gasteiger partial charge in [0, 0.05) is 39.5 Å². The molecule has 2 heterocycles. The van der Waals surface area contributed by atoms with E-state index in [1.54, 1.807) is 6.92 Å². The SMILES string of the molecule is C.C.C.C.C.C.C#CC(C)(C)C.C=C(C)C(=O)C(C)(C)C.C=C1C=Cc2ccc(C(C)(C)C)cc2O1.C=CC(=O)C(C)(C)C.C=CC(C)(C)C.CC(C)(C)N1C(=O)C=CC1=O.CC(C)(C)c1c2ccccc2cc2ccccc12. The van der Waals surface area contributed by atoms with Crippen molar-refractivity contribution in [2.45, 2.75) is 213 Å². The van der Waals surface area contributed by atoms with E-state index in [-0.39, 0.29) is 95.0 Å². The third-order valence-electron chi connectivity index (χ3n) is 10.6. The summed E-state index contributed by atoms with van der Waals surface area (Å²) in [4.78, 5) is 45.1. The molecule has 79 heavy (non-hydrogen) atoms. The Morgan fingerprint density at radius 2 is 0.975 bits per heavy atom. The molecule has 0 spiro atoms. The van der Waals surface area contributed by atoms with Gasteiger partial charge in [-0.15, -0.1) is 18.9 Å². The number of carbonyl (C=O) groups excluding carboxylic acids is 4. The second-order valence-corrected chi connectivity index (χ2v) is 25.5. The Balaban J connectivity index is -0.000000157. The van der Waals surface area contributed by atoms with Gasteiger partial charge in [-0.1, -0.05) is 235 Å². The lowest BCUT2D eigenvalue weighted by molar-refractivity contribution is -0.142. The summed E-state index contributed by atoms with van der Waals surface area (Å²) in [7, 11) is 0. The van der Waals surface area contributed by atoms with Gasteiger partial charge in [-0.3, -0.25) is 24.1 Å². The second kappa shape index (κ2) is 35.3. The van der Waals surface area contributed by atoms with E-state index >= 15 is 0 Å². The first kappa shape index (κ1) is 86.6. The van der Waals surface area contributed by atoms with Crippen LogP contribution in [0.25, 0.3) is 27.6 Å². The Kier molecular flexibility index (Phi) is 38.7. The number of carbonyl (C=O) groups is 4. The average molecular weight is 1090 g/mol. The number of rotatable bonds is 2. The van der Waals surface area contributed by atoms with Crippen molar-refractivity contribution in [1.82, 2.24) is 4.90 Å². The highest BCUT2D eigenvalue weighted by Gasteiger charge is 2.33. The Bertz CT molecular complexity index is 2610. The Hall–Kier alpha value is -6.32. The Labute approximate surface area is 488 Å². The fourth-order valence-corrected chi connectivity index (χ4v) is 6.41. The number of benzene rings is 4. The van der Waals surface area contributed by atoms with Crippen LogP contribution < -0.4 is 4.74 Å². The van der Waals surface area contributed by atoms with E-state index in [1.807, 2.05) is 101 Å². The number of ether oxygens (including phenoxy) is 1. The number of fused-ring (bicyclic) bond motifs is 3. The molecule has 2 aliphatic rings. The first-order chi connectivity index (χ1) is 32.9. The number of ketones is 2. The zero-order chi connectivity index (χ0) is 57.3. The van der Waals surface area contributed by atoms with Gasteiger partial charge in [0.15, 0.2) is 11.6 Å². The van der Waals surface area contributed by atoms with E-state index in [0.717, 1.165) is 11.3 Å². The molecule has 0 saturated carbocycles. The highest BCUT2D eigenvalue weighted by atomic mass is 16.5. The third-order valence-corrected chi connectivity index (χ3v) is 10.6. The zero-order valence-electron chi connectivity index (χ0n) is 49.3. The van der Waals surface area contributed by atoms with Crippen molar-refractivity contribution in [3.8, 4) is 18.1 Å². The van der Waals surface area contributed by atoms with E-state index in [1.165, 1.54) is 55.8 Å². The smallest absolute Gasteiger partial charge is 0.254 e. The van der Waals surface area contributed by atoms with Gasteiger partial charge in [0.1, 0.15) is 11.5 Å². The number of imide groups is 1. The monoisotopic (exact) mass is 1090 g/mol. The fourth-order valence-electron chi connectivity index (χ4n) is 6.41. The van der Waals surface area contributed by atoms with Crippen LogP contribution in [0.1, 0.15) is 214 Å². The van der Waals surface area contributed by atoms with Crippen molar-refractivity contribution in [1.29, 1.82) is 0 Å². The van der Waals surface area contributed by atoms with Gasteiger partial charge in [-0.2, -0.15) is 0 Å². The highest BCUT2D eigenvalue weighted by molar-refractivity contribution is 6.13. The molecule has 6 rings (SSSR count). The number of hydrogen-bond acceptors (Lipinski definition) is 5. The molecule has 0 fully saturated rings. The van der Waals surface area contributed by atoms with Crippen LogP contribution in [0.5, 0.6) is 5.75 Å². The van der Waals surface area contributed by atoms with Crippen molar-refractivity contribution in [3.05, 3.63) is 158 Å². The molecule has 0 saturated heterocycles. The van der Waals surface area contributed by atoms with Gasteiger partial charge in [-0.25, -0.2) is 0 Å². The van der Waals surface area contributed by atoms with E-state index in [9.17, 15) is 19.2 Å². The van der Waals surface area contributed by atoms with Crippen LogP contribution in [0.2, 0.25) is 0 Å². The van der Waals surface area contributed by atoms with Crippen LogP contribution >= 0.6 is 0 Å². The predicted octanol–water partition coefficient (Wildman–Crippen LogP) is 21.6. The minimum atomic E-state index is -0.405. The topological polar surface area (TPSA) is 80.8 Å². The lowest BCUT2D eigenvalue weighted by Gasteiger charge is -2.29. The summed E-state index contributed by atoms with van der Waals surface area (Å²) in [6, 6.07) is 26.0. The van der Waals surface area contributed by atoms with Crippen LogP contribution in [0, 0.1) is 34.0 Å². The zero-order valence-corrected chi connectivity index (χ0v) is 49.3. The summed E-state index contributed by atoms with van der Waals surface area (Å²) in [5.41, 5.74) is 4.27. The lowest BCUT2D eigenvalue weighted by atomic mass is 9.80. The average Bonchev–Trinajstić information content (AvgIpc) is 3.61. The second-order valence-electron chi connectivity index (χ2n) is 25.5. The van der Waals surface area contributed by atoms with Crippen LogP contribution in [0.4, 0.5) is 0 Å². The number of amides is 2. The third kappa shape index (κ3) is 31.8. The maximum atomic E-state index is 11.1. The molecular formula is C73H117NO5. The molecule has 0 bridgehead atoms. The van der Waals surface area contributed by atoms with Crippen LogP contribution in [-0.4, -0.2) is 33.8 Å². The van der Waals surface area contributed by atoms with Crippen molar-refractivity contribution >= 4 is 51.0 Å². The van der Waals surface area contributed by atoms with Crippen molar-refractivity contribution in [3.63, 3.8) is 0 Å². The summed E-state index contributed by atoms with van der Waals surface area (Å²) in [5, 5.41) is 5.43. The lowest BCUT2D eigenvalue weighted by Crippen LogP contribution is -2.45. The number of terminal acetylenes is 1. The molecule has 444 valence electrons. The van der Waals surface area contributed by atoms with E-state index in [0.29, 0.717) is 16.7 Å². The molecule has 6 nitrogen and oxygen atoms in total. The van der Waals surface area contributed by atoms with E-state index < -0.39 is 5.54 Å². The molecule has 0 N–H and O–H groups in total. The molecule has 0 aliphatic carbocycles. The molecule has 0 aromatic heterocycles. The molecule has 0 atom stereocenters. The van der Waals surface area contributed by atoms with Gasteiger partial charge in [0.2, 0.25) is 0 Å². The Morgan fingerprint density at radius 3 is 1.23 bits per heavy atom. The van der Waals surface area contributed by atoms with E-state index in [4.69, 9.17) is 11.2 Å². The first-order valence-electron chi connectivity index (χ1n) is 25.1. The number of nitrogens with zero attached hydrogens (tertiary/aromatic N) is 1.